The summed E-state index contributed by atoms with van der Waals surface area (Å²) in [6.07, 6.45) is 0. The third-order valence-corrected chi connectivity index (χ3v) is 12.8. The molecule has 13 rings (SSSR count). The van der Waals surface area contributed by atoms with Crippen molar-refractivity contribution in [2.75, 3.05) is 0 Å². The number of benzene rings is 10. The largest absolute Gasteiger partial charge is 0.309 e. The van der Waals surface area contributed by atoms with E-state index in [0.717, 1.165) is 71.8 Å². The summed E-state index contributed by atoms with van der Waals surface area (Å²) in [6, 6.07) is 79.3. The maximum atomic E-state index is 5.33. The van der Waals surface area contributed by atoms with Crippen LogP contribution in [0.25, 0.3) is 127 Å². The first kappa shape index (κ1) is 36.8. The van der Waals surface area contributed by atoms with Gasteiger partial charge in [-0.25, -0.2) is 19.9 Å². The Labute approximate surface area is 374 Å². The van der Waals surface area contributed by atoms with Crippen molar-refractivity contribution in [3.05, 3.63) is 224 Å². The number of hydrogen-bond donors (Lipinski definition) is 0. The van der Waals surface area contributed by atoms with E-state index in [1.165, 1.54) is 38.0 Å². The van der Waals surface area contributed by atoms with Gasteiger partial charge < -0.3 is 4.57 Å². The first-order chi connectivity index (χ1) is 32.2. The Balaban J connectivity index is 0.890. The highest BCUT2D eigenvalue weighted by Gasteiger charge is 2.20. The van der Waals surface area contributed by atoms with Gasteiger partial charge in [0.1, 0.15) is 0 Å². The van der Waals surface area contributed by atoms with Gasteiger partial charge in [-0.15, -0.1) is 0 Å². The van der Waals surface area contributed by atoms with Gasteiger partial charge in [0, 0.05) is 54.9 Å². The zero-order chi connectivity index (χ0) is 42.8. The predicted octanol–water partition coefficient (Wildman–Crippen LogP) is 15.3. The second-order valence-corrected chi connectivity index (χ2v) is 16.6. The van der Waals surface area contributed by atoms with E-state index in [-0.39, 0.29) is 0 Å². The smallest absolute Gasteiger partial charge is 0.164 e. The normalized spacial score (nSPS) is 11.7. The average Bonchev–Trinajstić information content (AvgIpc) is 3.73. The molecule has 0 aliphatic carbocycles. The molecule has 0 spiro atoms. The summed E-state index contributed by atoms with van der Waals surface area (Å²) in [5.41, 5.74) is 11.6. The molecule has 5 nitrogen and oxygen atoms in total. The predicted molar refractivity (Wildman–Crippen MR) is 269 cm³/mol. The van der Waals surface area contributed by atoms with Gasteiger partial charge in [0.05, 0.1) is 22.2 Å². The SMILES string of the molecule is c1ccc(-n2c3ccccc3c3c4c(ccc32)c(-c2ccc(-c3ccc(-c5nc(-c6ccc7ccccc7c6)nc(-c6ccc7ccccc7c6)n5)cc3)cc2)nc2ccccc24)cc1. The van der Waals surface area contributed by atoms with Gasteiger partial charge in [-0.1, -0.05) is 182 Å². The number of rotatable bonds is 6. The summed E-state index contributed by atoms with van der Waals surface area (Å²) in [5.74, 6) is 1.91. The Bertz CT molecular complexity index is 3890. The molecular formula is C60H37N5. The molecule has 3 heterocycles. The molecule has 0 amide bonds. The molecule has 0 atom stereocenters. The Morgan fingerprint density at radius 2 is 0.769 bits per heavy atom. The molecule has 3 aromatic heterocycles. The molecule has 302 valence electrons. The number of nitrogens with zero attached hydrogens (tertiary/aromatic N) is 5. The molecule has 10 aromatic carbocycles. The fraction of sp³-hybridized carbons (Fsp3) is 0. The van der Waals surface area contributed by atoms with Crippen LogP contribution in [0.2, 0.25) is 0 Å². The van der Waals surface area contributed by atoms with E-state index in [1.807, 2.05) is 0 Å². The molecule has 0 aliphatic rings. The molecule has 0 radical (unpaired) electrons. The van der Waals surface area contributed by atoms with Gasteiger partial charge in [-0.05, 0) is 75.1 Å². The van der Waals surface area contributed by atoms with Crippen molar-refractivity contribution in [3.63, 3.8) is 0 Å². The maximum absolute atomic E-state index is 5.33. The van der Waals surface area contributed by atoms with Gasteiger partial charge in [0.15, 0.2) is 17.5 Å². The van der Waals surface area contributed by atoms with Crippen LogP contribution in [-0.2, 0) is 0 Å². The lowest BCUT2D eigenvalue weighted by Crippen LogP contribution is -2.00. The highest BCUT2D eigenvalue weighted by atomic mass is 15.0. The minimum absolute atomic E-state index is 0.628. The second-order valence-electron chi connectivity index (χ2n) is 16.6. The fourth-order valence-electron chi connectivity index (χ4n) is 9.63. The quantitative estimate of drug-likeness (QED) is 0.157. The number of para-hydroxylation sites is 3. The first-order valence-corrected chi connectivity index (χ1v) is 22.0. The lowest BCUT2D eigenvalue weighted by molar-refractivity contribution is 1.08. The number of hydrogen-bond acceptors (Lipinski definition) is 4. The molecule has 65 heavy (non-hydrogen) atoms. The standard InChI is InChI=1S/C60H37N5/c1-2-16-48(17-3-1)65-53-21-11-9-19-50(53)56-54(65)35-34-51-55(56)49-18-8-10-20-52(49)61-57(51)42-28-22-40(23-29-42)41-24-30-43(31-25-41)58-62-59(46-32-26-38-12-4-6-14-44(38)36-46)64-60(63-58)47-33-27-39-13-5-7-15-45(39)37-47/h1-37H. The van der Waals surface area contributed by atoms with Gasteiger partial charge in [0.2, 0.25) is 0 Å². The third-order valence-electron chi connectivity index (χ3n) is 12.8. The van der Waals surface area contributed by atoms with Crippen LogP contribution in [0, 0.1) is 0 Å². The van der Waals surface area contributed by atoms with Gasteiger partial charge in [-0.3, -0.25) is 0 Å². The summed E-state index contributed by atoms with van der Waals surface area (Å²) in [6.45, 7) is 0. The number of aromatic nitrogens is 5. The number of pyridine rings is 1. The van der Waals surface area contributed by atoms with Crippen molar-refractivity contribution < 1.29 is 0 Å². The molecule has 0 bridgehead atoms. The van der Waals surface area contributed by atoms with Crippen LogP contribution in [0.4, 0.5) is 0 Å². The van der Waals surface area contributed by atoms with E-state index >= 15 is 0 Å². The Hall–Kier alpha value is -8.80. The summed E-state index contributed by atoms with van der Waals surface area (Å²) < 4.78 is 2.38. The zero-order valence-electron chi connectivity index (χ0n) is 35.1. The lowest BCUT2D eigenvalue weighted by Gasteiger charge is -2.13. The van der Waals surface area contributed by atoms with Crippen LogP contribution in [0.1, 0.15) is 0 Å². The summed E-state index contributed by atoms with van der Waals surface area (Å²) >= 11 is 0. The molecule has 0 fully saturated rings. The molecule has 5 heteroatoms. The van der Waals surface area contributed by atoms with Crippen molar-refractivity contribution in [1.29, 1.82) is 0 Å². The van der Waals surface area contributed by atoms with Crippen LogP contribution in [0.3, 0.4) is 0 Å². The second kappa shape index (κ2) is 14.9. The van der Waals surface area contributed by atoms with E-state index in [0.29, 0.717) is 17.5 Å². The first-order valence-electron chi connectivity index (χ1n) is 22.0. The molecule has 13 aromatic rings. The summed E-state index contributed by atoms with van der Waals surface area (Å²) in [7, 11) is 0. The van der Waals surface area contributed by atoms with Crippen molar-refractivity contribution in [3.8, 4) is 62.2 Å². The number of fused-ring (bicyclic) bond motifs is 9. The van der Waals surface area contributed by atoms with Crippen LogP contribution >= 0.6 is 0 Å². The van der Waals surface area contributed by atoms with Crippen molar-refractivity contribution >= 4 is 65.0 Å². The van der Waals surface area contributed by atoms with E-state index in [9.17, 15) is 0 Å². The Morgan fingerprint density at radius 1 is 0.277 bits per heavy atom. The Morgan fingerprint density at radius 3 is 1.42 bits per heavy atom. The topological polar surface area (TPSA) is 56.5 Å². The van der Waals surface area contributed by atoms with Crippen LogP contribution < -0.4 is 0 Å². The van der Waals surface area contributed by atoms with Crippen molar-refractivity contribution in [2.45, 2.75) is 0 Å². The lowest BCUT2D eigenvalue weighted by atomic mass is 9.95. The van der Waals surface area contributed by atoms with Gasteiger partial charge in [0.25, 0.3) is 0 Å². The third kappa shape index (κ3) is 6.24. The molecular weight excluding hydrogens is 791 g/mol. The maximum Gasteiger partial charge on any atom is 0.164 e. The van der Waals surface area contributed by atoms with E-state index in [4.69, 9.17) is 19.9 Å². The van der Waals surface area contributed by atoms with Crippen molar-refractivity contribution in [2.24, 2.45) is 0 Å². The molecule has 0 N–H and O–H groups in total. The van der Waals surface area contributed by atoms with Crippen LogP contribution in [0.15, 0.2) is 224 Å². The van der Waals surface area contributed by atoms with Crippen LogP contribution in [-0.4, -0.2) is 24.5 Å². The van der Waals surface area contributed by atoms with E-state index in [1.54, 1.807) is 0 Å². The average molecular weight is 828 g/mol. The van der Waals surface area contributed by atoms with E-state index < -0.39 is 0 Å². The highest BCUT2D eigenvalue weighted by molar-refractivity contribution is 6.29. The van der Waals surface area contributed by atoms with Gasteiger partial charge >= 0.3 is 0 Å². The minimum Gasteiger partial charge on any atom is -0.309 e. The minimum atomic E-state index is 0.628. The van der Waals surface area contributed by atoms with E-state index in [2.05, 4.69) is 229 Å². The molecule has 0 saturated carbocycles. The van der Waals surface area contributed by atoms with Gasteiger partial charge in [-0.2, -0.15) is 0 Å². The summed E-state index contributed by atoms with van der Waals surface area (Å²) in [4.78, 5) is 20.6. The Kier molecular flexibility index (Phi) is 8.46. The van der Waals surface area contributed by atoms with Crippen molar-refractivity contribution in [1.82, 2.24) is 24.5 Å². The molecule has 0 aliphatic heterocycles. The highest BCUT2D eigenvalue weighted by Crippen LogP contribution is 2.42. The molecule has 0 saturated heterocycles. The fourth-order valence-corrected chi connectivity index (χ4v) is 9.63. The zero-order valence-corrected chi connectivity index (χ0v) is 35.1. The monoisotopic (exact) mass is 827 g/mol. The summed E-state index contributed by atoms with van der Waals surface area (Å²) in [5, 5.41) is 10.6. The molecule has 0 unspecified atom stereocenters. The van der Waals surface area contributed by atoms with Crippen LogP contribution in [0.5, 0.6) is 0 Å².